The molecule has 0 unspecified atom stereocenters. The standard InChI is InChI=1S/C10H18N2O3/c1-12(2)4-3-8-7(6-10(14)15)5-9(13)11-8/h7-8H,3-6H2,1-2H3,(H,11,13)(H,14,15)/t7-,8-/m1/s1. The lowest BCUT2D eigenvalue weighted by molar-refractivity contribution is -0.138. The first-order valence-corrected chi connectivity index (χ1v) is 5.15. The Kier molecular flexibility index (Phi) is 4.08. The normalized spacial score (nSPS) is 25.7. The highest BCUT2D eigenvalue weighted by Gasteiger charge is 2.33. The molecule has 86 valence electrons. The number of hydrogen-bond acceptors (Lipinski definition) is 3. The van der Waals surface area contributed by atoms with Crippen LogP contribution in [0.3, 0.4) is 0 Å². The average Bonchev–Trinajstić information content (AvgIpc) is 2.41. The molecule has 0 aromatic heterocycles. The zero-order valence-corrected chi connectivity index (χ0v) is 9.19. The summed E-state index contributed by atoms with van der Waals surface area (Å²) in [6.45, 7) is 0.862. The fraction of sp³-hybridized carbons (Fsp3) is 0.800. The second kappa shape index (κ2) is 5.11. The lowest BCUT2D eigenvalue weighted by Gasteiger charge is -2.19. The molecule has 0 aromatic carbocycles. The van der Waals surface area contributed by atoms with E-state index in [0.717, 1.165) is 13.0 Å². The Hall–Kier alpha value is -1.10. The van der Waals surface area contributed by atoms with Gasteiger partial charge in [0, 0.05) is 12.5 Å². The molecular weight excluding hydrogens is 196 g/mol. The van der Waals surface area contributed by atoms with E-state index in [1.54, 1.807) is 0 Å². The average molecular weight is 214 g/mol. The van der Waals surface area contributed by atoms with E-state index in [1.165, 1.54) is 0 Å². The fourth-order valence-electron chi connectivity index (χ4n) is 1.91. The topological polar surface area (TPSA) is 69.6 Å². The summed E-state index contributed by atoms with van der Waals surface area (Å²) in [5.74, 6) is -0.897. The van der Waals surface area contributed by atoms with Crippen LogP contribution in [0, 0.1) is 5.92 Å². The first kappa shape index (κ1) is 12.0. The Balaban J connectivity index is 2.45. The van der Waals surface area contributed by atoms with Crippen LogP contribution in [0.5, 0.6) is 0 Å². The molecule has 2 atom stereocenters. The lowest BCUT2D eigenvalue weighted by atomic mass is 9.94. The molecule has 1 aliphatic rings. The number of rotatable bonds is 5. The predicted molar refractivity (Wildman–Crippen MR) is 55.5 cm³/mol. The number of carboxylic acid groups (broad SMARTS) is 1. The van der Waals surface area contributed by atoms with Gasteiger partial charge < -0.3 is 15.3 Å². The van der Waals surface area contributed by atoms with Crippen LogP contribution < -0.4 is 5.32 Å². The molecule has 15 heavy (non-hydrogen) atoms. The van der Waals surface area contributed by atoms with Gasteiger partial charge in [-0.15, -0.1) is 0 Å². The summed E-state index contributed by atoms with van der Waals surface area (Å²) < 4.78 is 0. The van der Waals surface area contributed by atoms with Gasteiger partial charge >= 0.3 is 5.97 Å². The Morgan fingerprint density at radius 1 is 1.60 bits per heavy atom. The number of carbonyl (C=O) groups excluding carboxylic acids is 1. The number of nitrogens with zero attached hydrogens (tertiary/aromatic N) is 1. The molecule has 0 bridgehead atoms. The van der Waals surface area contributed by atoms with E-state index in [9.17, 15) is 9.59 Å². The SMILES string of the molecule is CN(C)CC[C@H]1NC(=O)C[C@@H]1CC(=O)O. The Morgan fingerprint density at radius 3 is 2.80 bits per heavy atom. The van der Waals surface area contributed by atoms with Crippen molar-refractivity contribution in [3.8, 4) is 0 Å². The van der Waals surface area contributed by atoms with E-state index in [-0.39, 0.29) is 24.3 Å². The van der Waals surface area contributed by atoms with Gasteiger partial charge in [0.15, 0.2) is 0 Å². The van der Waals surface area contributed by atoms with Crippen molar-refractivity contribution in [3.05, 3.63) is 0 Å². The van der Waals surface area contributed by atoms with E-state index < -0.39 is 5.97 Å². The van der Waals surface area contributed by atoms with Crippen molar-refractivity contribution in [2.24, 2.45) is 5.92 Å². The molecule has 1 fully saturated rings. The summed E-state index contributed by atoms with van der Waals surface area (Å²) in [6, 6.07) is 0.0241. The summed E-state index contributed by atoms with van der Waals surface area (Å²) in [7, 11) is 3.92. The van der Waals surface area contributed by atoms with E-state index in [0.29, 0.717) is 6.42 Å². The molecule has 2 N–H and O–H groups in total. The van der Waals surface area contributed by atoms with Gasteiger partial charge in [0.2, 0.25) is 5.91 Å². The van der Waals surface area contributed by atoms with Gasteiger partial charge in [-0.1, -0.05) is 0 Å². The summed E-state index contributed by atoms with van der Waals surface area (Å²) in [5, 5.41) is 11.5. The smallest absolute Gasteiger partial charge is 0.303 e. The summed E-state index contributed by atoms with van der Waals surface area (Å²) in [4.78, 5) is 23.8. The molecule has 5 nitrogen and oxygen atoms in total. The van der Waals surface area contributed by atoms with Crippen LogP contribution >= 0.6 is 0 Å². The predicted octanol–water partition coefficient (Wildman–Crippen LogP) is -0.0825. The van der Waals surface area contributed by atoms with Gasteiger partial charge in [0.05, 0.1) is 6.42 Å². The third-order valence-corrected chi connectivity index (χ3v) is 2.69. The number of aliphatic carboxylic acids is 1. The summed E-state index contributed by atoms with van der Waals surface area (Å²) >= 11 is 0. The van der Waals surface area contributed by atoms with Gasteiger partial charge in [-0.2, -0.15) is 0 Å². The molecule has 0 aliphatic carbocycles. The van der Waals surface area contributed by atoms with Crippen molar-refractivity contribution >= 4 is 11.9 Å². The number of amides is 1. The van der Waals surface area contributed by atoms with Gasteiger partial charge in [0.25, 0.3) is 0 Å². The van der Waals surface area contributed by atoms with E-state index >= 15 is 0 Å². The first-order valence-electron chi connectivity index (χ1n) is 5.15. The molecule has 0 spiro atoms. The fourth-order valence-corrected chi connectivity index (χ4v) is 1.91. The Bertz CT molecular complexity index is 253. The molecule has 0 aromatic rings. The molecule has 1 amide bonds. The van der Waals surface area contributed by atoms with Crippen LogP contribution in [0.2, 0.25) is 0 Å². The van der Waals surface area contributed by atoms with Gasteiger partial charge in [-0.3, -0.25) is 9.59 Å². The molecular formula is C10H18N2O3. The minimum atomic E-state index is -0.827. The minimum Gasteiger partial charge on any atom is -0.481 e. The zero-order chi connectivity index (χ0) is 11.4. The summed E-state index contributed by atoms with van der Waals surface area (Å²) in [5.41, 5.74) is 0. The second-order valence-corrected chi connectivity index (χ2v) is 4.33. The third kappa shape index (κ3) is 3.87. The van der Waals surface area contributed by atoms with E-state index in [4.69, 9.17) is 5.11 Å². The Morgan fingerprint density at radius 2 is 2.27 bits per heavy atom. The maximum absolute atomic E-state index is 11.2. The van der Waals surface area contributed by atoms with Crippen molar-refractivity contribution in [2.45, 2.75) is 25.3 Å². The number of nitrogens with one attached hydrogen (secondary N) is 1. The highest BCUT2D eigenvalue weighted by atomic mass is 16.4. The monoisotopic (exact) mass is 214 g/mol. The van der Waals surface area contributed by atoms with Crippen LogP contribution in [-0.2, 0) is 9.59 Å². The number of hydrogen-bond donors (Lipinski definition) is 2. The highest BCUT2D eigenvalue weighted by Crippen LogP contribution is 2.22. The van der Waals surface area contributed by atoms with Gasteiger partial charge in [0.1, 0.15) is 0 Å². The maximum Gasteiger partial charge on any atom is 0.303 e. The first-order chi connectivity index (χ1) is 6.99. The molecule has 0 radical (unpaired) electrons. The van der Waals surface area contributed by atoms with Crippen molar-refractivity contribution in [3.63, 3.8) is 0 Å². The second-order valence-electron chi connectivity index (χ2n) is 4.33. The third-order valence-electron chi connectivity index (χ3n) is 2.69. The van der Waals surface area contributed by atoms with Crippen molar-refractivity contribution < 1.29 is 14.7 Å². The van der Waals surface area contributed by atoms with E-state index in [2.05, 4.69) is 5.32 Å². The molecule has 1 rings (SSSR count). The van der Waals surface area contributed by atoms with Crippen molar-refractivity contribution in [2.75, 3.05) is 20.6 Å². The molecule has 1 saturated heterocycles. The quantitative estimate of drug-likeness (QED) is 0.671. The van der Waals surface area contributed by atoms with Crippen LogP contribution in [-0.4, -0.2) is 48.6 Å². The van der Waals surface area contributed by atoms with Crippen LogP contribution in [0.4, 0.5) is 0 Å². The van der Waals surface area contributed by atoms with Crippen molar-refractivity contribution in [1.29, 1.82) is 0 Å². The minimum absolute atomic E-state index is 0.0231. The van der Waals surface area contributed by atoms with Crippen LogP contribution in [0.15, 0.2) is 0 Å². The lowest BCUT2D eigenvalue weighted by Crippen LogP contribution is -2.33. The maximum atomic E-state index is 11.2. The van der Waals surface area contributed by atoms with E-state index in [1.807, 2.05) is 19.0 Å². The van der Waals surface area contributed by atoms with Gasteiger partial charge in [-0.25, -0.2) is 0 Å². The molecule has 1 heterocycles. The largest absolute Gasteiger partial charge is 0.481 e. The van der Waals surface area contributed by atoms with Crippen LogP contribution in [0.1, 0.15) is 19.3 Å². The number of carboxylic acids is 1. The number of carbonyl (C=O) groups is 2. The highest BCUT2D eigenvalue weighted by molar-refractivity contribution is 5.80. The van der Waals surface area contributed by atoms with Crippen molar-refractivity contribution in [1.82, 2.24) is 10.2 Å². The zero-order valence-electron chi connectivity index (χ0n) is 9.19. The molecule has 5 heteroatoms. The van der Waals surface area contributed by atoms with Gasteiger partial charge in [-0.05, 0) is 33.0 Å². The van der Waals surface area contributed by atoms with Crippen LogP contribution in [0.25, 0.3) is 0 Å². The molecule has 0 saturated carbocycles. The summed E-state index contributed by atoms with van der Waals surface area (Å²) in [6.07, 6.45) is 1.25. The molecule has 1 aliphatic heterocycles. The Labute approximate surface area is 89.4 Å².